The first-order valence-corrected chi connectivity index (χ1v) is 5.87. The van der Waals surface area contributed by atoms with Crippen molar-refractivity contribution in [1.29, 1.82) is 0 Å². The molecular formula is C13H18N2O4. The Bertz CT molecular complexity index is 486. The summed E-state index contributed by atoms with van der Waals surface area (Å²) in [5.41, 5.74) is 2.68. The first-order chi connectivity index (χ1) is 8.81. The van der Waals surface area contributed by atoms with Crippen LogP contribution in [0, 0.1) is 13.8 Å². The molecule has 6 heteroatoms. The minimum absolute atomic E-state index is 0.565. The molecule has 4 N–H and O–H groups in total. The summed E-state index contributed by atoms with van der Waals surface area (Å²) < 4.78 is 0. The Morgan fingerprint density at radius 2 is 1.84 bits per heavy atom. The molecule has 1 aromatic rings. The molecule has 6 nitrogen and oxygen atoms in total. The molecule has 0 spiro atoms. The average Bonchev–Trinajstić information content (AvgIpc) is 2.30. The lowest BCUT2D eigenvalue weighted by molar-refractivity contribution is -0.141. The third kappa shape index (κ3) is 4.26. The summed E-state index contributed by atoms with van der Waals surface area (Å²) in [7, 11) is 0. The number of hydrogen-bond donors (Lipinski definition) is 4. The van der Waals surface area contributed by atoms with Gasteiger partial charge in [0.05, 0.1) is 6.10 Å². The van der Waals surface area contributed by atoms with Crippen LogP contribution >= 0.6 is 0 Å². The molecule has 0 aliphatic carbocycles. The lowest BCUT2D eigenvalue weighted by Crippen LogP contribution is -2.49. The number of carbonyl (C=O) groups is 2. The molecule has 0 heterocycles. The fourth-order valence-electron chi connectivity index (χ4n) is 1.52. The average molecular weight is 266 g/mol. The molecule has 1 aromatic carbocycles. The number of rotatable bonds is 4. The fourth-order valence-corrected chi connectivity index (χ4v) is 1.52. The van der Waals surface area contributed by atoms with Crippen LogP contribution < -0.4 is 10.6 Å². The largest absolute Gasteiger partial charge is 0.480 e. The van der Waals surface area contributed by atoms with Crippen molar-refractivity contribution in [3.63, 3.8) is 0 Å². The number of nitrogens with one attached hydrogen (secondary N) is 2. The number of benzene rings is 1. The van der Waals surface area contributed by atoms with Crippen LogP contribution in [0.25, 0.3) is 0 Å². The Kier molecular flexibility index (Phi) is 4.88. The molecule has 19 heavy (non-hydrogen) atoms. The number of urea groups is 1. The number of aliphatic carboxylic acids is 1. The van der Waals surface area contributed by atoms with Gasteiger partial charge >= 0.3 is 12.0 Å². The number of aryl methyl sites for hydroxylation is 2. The summed E-state index contributed by atoms with van der Waals surface area (Å²) in [5, 5.41) is 22.8. The van der Waals surface area contributed by atoms with Gasteiger partial charge in [0.15, 0.2) is 6.04 Å². The van der Waals surface area contributed by atoms with Gasteiger partial charge in [-0.15, -0.1) is 0 Å². The van der Waals surface area contributed by atoms with Gasteiger partial charge in [-0.1, -0.05) is 6.07 Å². The zero-order valence-corrected chi connectivity index (χ0v) is 11.1. The summed E-state index contributed by atoms with van der Waals surface area (Å²) in [4.78, 5) is 22.5. The van der Waals surface area contributed by atoms with Gasteiger partial charge < -0.3 is 20.8 Å². The molecule has 2 atom stereocenters. The number of hydrogen-bond acceptors (Lipinski definition) is 3. The quantitative estimate of drug-likeness (QED) is 0.659. The van der Waals surface area contributed by atoms with E-state index in [0.29, 0.717) is 5.69 Å². The maximum absolute atomic E-state index is 11.6. The number of carbonyl (C=O) groups excluding carboxylic acids is 1. The zero-order valence-electron chi connectivity index (χ0n) is 11.1. The van der Waals surface area contributed by atoms with E-state index in [9.17, 15) is 14.7 Å². The summed E-state index contributed by atoms with van der Waals surface area (Å²) in [6, 6.07) is 3.35. The Hall–Kier alpha value is -2.08. The van der Waals surface area contributed by atoms with E-state index in [1.165, 1.54) is 6.92 Å². The molecule has 0 saturated heterocycles. The second-order valence-corrected chi connectivity index (χ2v) is 4.45. The van der Waals surface area contributed by atoms with Crippen molar-refractivity contribution in [1.82, 2.24) is 5.32 Å². The van der Waals surface area contributed by atoms with Crippen molar-refractivity contribution in [2.45, 2.75) is 32.9 Å². The molecule has 2 amide bonds. The number of anilines is 1. The van der Waals surface area contributed by atoms with Gasteiger partial charge in [-0.3, -0.25) is 0 Å². The van der Waals surface area contributed by atoms with Gasteiger partial charge in [-0.25, -0.2) is 9.59 Å². The molecule has 104 valence electrons. The molecule has 0 radical (unpaired) electrons. The summed E-state index contributed by atoms with van der Waals surface area (Å²) >= 11 is 0. The Balaban J connectivity index is 2.69. The van der Waals surface area contributed by atoms with Crippen molar-refractivity contribution < 1.29 is 19.8 Å². The minimum Gasteiger partial charge on any atom is -0.480 e. The normalized spacial score (nSPS) is 13.5. The van der Waals surface area contributed by atoms with Crippen molar-refractivity contribution in [2.75, 3.05) is 5.32 Å². The van der Waals surface area contributed by atoms with Crippen molar-refractivity contribution >= 4 is 17.7 Å². The van der Waals surface area contributed by atoms with Gasteiger partial charge in [-0.05, 0) is 44.0 Å². The highest BCUT2D eigenvalue weighted by atomic mass is 16.4. The third-order valence-corrected chi connectivity index (χ3v) is 2.80. The zero-order chi connectivity index (χ0) is 14.6. The van der Waals surface area contributed by atoms with E-state index in [2.05, 4.69) is 10.6 Å². The summed E-state index contributed by atoms with van der Waals surface area (Å²) in [6.07, 6.45) is -1.18. The molecule has 0 bridgehead atoms. The summed E-state index contributed by atoms with van der Waals surface area (Å²) in [6.45, 7) is 5.16. The second-order valence-electron chi connectivity index (χ2n) is 4.45. The second kappa shape index (κ2) is 6.19. The SMILES string of the molecule is Cc1ccc(NC(=O)NC(C(=O)O)C(C)O)cc1C. The molecule has 0 aliphatic heterocycles. The Morgan fingerprint density at radius 1 is 1.21 bits per heavy atom. The molecule has 2 unspecified atom stereocenters. The van der Waals surface area contributed by atoms with Crippen molar-refractivity contribution in [3.8, 4) is 0 Å². The van der Waals surface area contributed by atoms with Gasteiger partial charge in [0.25, 0.3) is 0 Å². The van der Waals surface area contributed by atoms with Gasteiger partial charge in [0, 0.05) is 5.69 Å². The van der Waals surface area contributed by atoms with Crippen LogP contribution in [-0.4, -0.2) is 34.4 Å². The molecule has 0 aliphatic rings. The predicted octanol–water partition coefficient (Wildman–Crippen LogP) is 1.26. The Labute approximate surface area is 111 Å². The lowest BCUT2D eigenvalue weighted by atomic mass is 10.1. The third-order valence-electron chi connectivity index (χ3n) is 2.80. The molecule has 0 fully saturated rings. The number of aliphatic hydroxyl groups excluding tert-OH is 1. The van der Waals surface area contributed by atoms with Crippen LogP contribution in [0.2, 0.25) is 0 Å². The van der Waals surface area contributed by atoms with Gasteiger partial charge in [0.1, 0.15) is 0 Å². The maximum Gasteiger partial charge on any atom is 0.328 e. The predicted molar refractivity (Wildman–Crippen MR) is 71.2 cm³/mol. The van der Waals surface area contributed by atoms with Crippen LogP contribution in [0.4, 0.5) is 10.5 Å². The molecule has 1 rings (SSSR count). The number of carboxylic acid groups (broad SMARTS) is 1. The number of carboxylic acids is 1. The maximum atomic E-state index is 11.6. The van der Waals surface area contributed by atoms with Crippen LogP contribution in [0.1, 0.15) is 18.1 Å². The van der Waals surface area contributed by atoms with Crippen LogP contribution in [0.15, 0.2) is 18.2 Å². The standard InChI is InChI=1S/C13H18N2O4/c1-7-4-5-10(6-8(7)2)14-13(19)15-11(9(3)16)12(17)18/h4-6,9,11,16H,1-3H3,(H,17,18)(H2,14,15,19). The highest BCUT2D eigenvalue weighted by Gasteiger charge is 2.24. The number of amides is 2. The lowest BCUT2D eigenvalue weighted by Gasteiger charge is -2.17. The van der Waals surface area contributed by atoms with Gasteiger partial charge in [0.2, 0.25) is 0 Å². The van der Waals surface area contributed by atoms with E-state index in [4.69, 9.17) is 5.11 Å². The topological polar surface area (TPSA) is 98.7 Å². The van der Waals surface area contributed by atoms with Gasteiger partial charge in [-0.2, -0.15) is 0 Å². The van der Waals surface area contributed by atoms with E-state index in [0.717, 1.165) is 11.1 Å². The first kappa shape index (κ1) is 15.0. The monoisotopic (exact) mass is 266 g/mol. The van der Waals surface area contributed by atoms with E-state index < -0.39 is 24.1 Å². The highest BCUT2D eigenvalue weighted by molar-refractivity contribution is 5.92. The van der Waals surface area contributed by atoms with E-state index >= 15 is 0 Å². The smallest absolute Gasteiger partial charge is 0.328 e. The summed E-state index contributed by atoms with van der Waals surface area (Å²) in [5.74, 6) is -1.29. The van der Waals surface area contributed by atoms with Crippen molar-refractivity contribution in [3.05, 3.63) is 29.3 Å². The molecule has 0 aromatic heterocycles. The minimum atomic E-state index is -1.34. The molecule has 0 saturated carbocycles. The Morgan fingerprint density at radius 3 is 2.32 bits per heavy atom. The van der Waals surface area contributed by atoms with Crippen LogP contribution in [-0.2, 0) is 4.79 Å². The van der Waals surface area contributed by atoms with E-state index in [-0.39, 0.29) is 0 Å². The fraction of sp³-hybridized carbons (Fsp3) is 0.385. The highest BCUT2D eigenvalue weighted by Crippen LogP contribution is 2.13. The molecular weight excluding hydrogens is 248 g/mol. The van der Waals surface area contributed by atoms with E-state index in [1.54, 1.807) is 12.1 Å². The first-order valence-electron chi connectivity index (χ1n) is 5.87. The van der Waals surface area contributed by atoms with Crippen LogP contribution in [0.3, 0.4) is 0 Å². The number of aliphatic hydroxyl groups is 1. The van der Waals surface area contributed by atoms with Crippen LogP contribution in [0.5, 0.6) is 0 Å². The van der Waals surface area contributed by atoms with E-state index in [1.807, 2.05) is 19.9 Å². The van der Waals surface area contributed by atoms with Crippen molar-refractivity contribution in [2.24, 2.45) is 0 Å².